The molecule has 1 unspecified atom stereocenters. The summed E-state index contributed by atoms with van der Waals surface area (Å²) in [6.07, 6.45) is 0.412. The number of rotatable bonds is 1. The maximum Gasteiger partial charge on any atom is 0.673 e. The molecule has 0 aliphatic carbocycles. The van der Waals surface area contributed by atoms with Crippen molar-refractivity contribution in [1.82, 2.24) is 0 Å². The Morgan fingerprint density at radius 1 is 1.10 bits per heavy atom. The van der Waals surface area contributed by atoms with Crippen molar-refractivity contribution in [2.24, 2.45) is 0 Å². The molecule has 0 bridgehead atoms. The first-order chi connectivity index (χ1) is 9.43. The molecule has 2 rings (SSSR count). The van der Waals surface area contributed by atoms with Crippen LogP contribution in [0.25, 0.3) is 10.1 Å². The molecule has 0 nitrogen and oxygen atoms in total. The summed E-state index contributed by atoms with van der Waals surface area (Å²) in [5.41, 5.74) is -4.21. The van der Waals surface area contributed by atoms with E-state index >= 15 is 0 Å². The smallest absolute Gasteiger partial charge is 0.418 e. The van der Waals surface area contributed by atoms with E-state index in [4.69, 9.17) is 11.6 Å². The molecule has 0 saturated heterocycles. The van der Waals surface area contributed by atoms with Gasteiger partial charge in [0.2, 0.25) is 0 Å². The van der Waals surface area contributed by atoms with E-state index in [0.29, 0.717) is 26.4 Å². The number of aryl methyl sites for hydroxylation is 1. The number of fused-ring (bicyclic) bond motifs is 1. The van der Waals surface area contributed by atoms with Gasteiger partial charge in [-0.05, 0) is 12.1 Å². The topological polar surface area (TPSA) is 0 Å². The molecule has 21 heavy (non-hydrogen) atoms. The number of hydrogen-bond acceptors (Lipinski definition) is 0. The van der Waals surface area contributed by atoms with Crippen LogP contribution in [0.1, 0.15) is 11.8 Å². The molecular formula is C11H9BClF7S. The standard InChI is InChI=1S/C11H9ClF3S.BF4/c1-2-9-5-7-3-4-8(12)6-10(7)16(9)11(13,14)15;2-1(3,4)5/h3-6H,2H2,1H3;/q+1;-1. The second kappa shape index (κ2) is 6.43. The molecule has 0 spiro atoms. The summed E-state index contributed by atoms with van der Waals surface area (Å²) in [5.74, 6) is 0. The van der Waals surface area contributed by atoms with E-state index in [1.165, 1.54) is 6.07 Å². The monoisotopic (exact) mass is 352 g/mol. The summed E-state index contributed by atoms with van der Waals surface area (Å²) >= 11 is 5.74. The van der Waals surface area contributed by atoms with Crippen LogP contribution in [0.5, 0.6) is 0 Å². The van der Waals surface area contributed by atoms with Crippen LogP contribution in [-0.4, -0.2) is 7.25 Å². The highest BCUT2D eigenvalue weighted by Gasteiger charge is 2.47. The molecule has 1 heterocycles. The summed E-state index contributed by atoms with van der Waals surface area (Å²) in [4.78, 5) is 0.435. The molecule has 1 atom stereocenters. The van der Waals surface area contributed by atoms with Gasteiger partial charge >= 0.3 is 12.8 Å². The summed E-state index contributed by atoms with van der Waals surface area (Å²) < 4.78 is 78.1. The Labute approximate surface area is 123 Å². The lowest BCUT2D eigenvalue weighted by atomic mass is 10.2. The van der Waals surface area contributed by atoms with Gasteiger partial charge in [-0.2, -0.15) is 0 Å². The Morgan fingerprint density at radius 3 is 2.05 bits per heavy atom. The fraction of sp³-hybridized carbons (Fsp3) is 0.273. The van der Waals surface area contributed by atoms with Crippen LogP contribution in [-0.2, 0) is 11.9 Å². The van der Waals surface area contributed by atoms with E-state index in [1.54, 1.807) is 25.1 Å². The van der Waals surface area contributed by atoms with Gasteiger partial charge in [-0.25, -0.2) is 0 Å². The van der Waals surface area contributed by atoms with Crippen molar-refractivity contribution in [2.75, 3.05) is 0 Å². The zero-order chi connectivity index (χ0) is 16.4. The predicted octanol–water partition coefficient (Wildman–Crippen LogP) is 6.58. The largest absolute Gasteiger partial charge is 0.673 e. The first kappa shape index (κ1) is 18.1. The van der Waals surface area contributed by atoms with E-state index in [-0.39, 0.29) is 0 Å². The van der Waals surface area contributed by atoms with E-state index in [1.807, 2.05) is 0 Å². The zero-order valence-electron chi connectivity index (χ0n) is 10.5. The second-order valence-electron chi connectivity index (χ2n) is 3.89. The van der Waals surface area contributed by atoms with Gasteiger partial charge < -0.3 is 17.3 Å². The molecule has 0 aliphatic heterocycles. The van der Waals surface area contributed by atoms with Crippen LogP contribution in [0.4, 0.5) is 30.4 Å². The highest BCUT2D eigenvalue weighted by atomic mass is 35.5. The molecule has 2 aromatic rings. The summed E-state index contributed by atoms with van der Waals surface area (Å²) in [7, 11) is -7.79. The van der Waals surface area contributed by atoms with E-state index < -0.39 is 23.2 Å². The molecule has 1 aromatic heterocycles. The van der Waals surface area contributed by atoms with Gasteiger partial charge in [0.25, 0.3) is 0 Å². The highest BCUT2D eigenvalue weighted by Crippen LogP contribution is 2.51. The Hall–Kier alpha value is -0.955. The third-order valence-electron chi connectivity index (χ3n) is 2.35. The summed E-state index contributed by atoms with van der Waals surface area (Å²) in [5, 5.41) is 0.994. The van der Waals surface area contributed by atoms with Crippen molar-refractivity contribution in [1.29, 1.82) is 0 Å². The van der Waals surface area contributed by atoms with Crippen LogP contribution in [0.3, 0.4) is 0 Å². The normalized spacial score (nSPS) is 13.1. The molecular weight excluding hydrogens is 343 g/mol. The van der Waals surface area contributed by atoms with Gasteiger partial charge in [-0.3, -0.25) is 0 Å². The first-order valence-electron chi connectivity index (χ1n) is 5.62. The Kier molecular flexibility index (Phi) is 5.54. The second-order valence-corrected chi connectivity index (χ2v) is 6.37. The molecule has 0 fully saturated rings. The molecule has 0 amide bonds. The molecule has 118 valence electrons. The molecule has 0 N–H and O–H groups in total. The minimum absolute atomic E-state index is 0.303. The number of hydrogen-bond donors (Lipinski definition) is 0. The molecule has 10 heteroatoms. The van der Waals surface area contributed by atoms with Crippen molar-refractivity contribution < 1.29 is 30.4 Å². The van der Waals surface area contributed by atoms with Crippen molar-refractivity contribution >= 4 is 39.4 Å². The average Bonchev–Trinajstić information content (AvgIpc) is 2.63. The Balaban J connectivity index is 0.000000383. The molecule has 0 saturated carbocycles. The molecule has 1 aromatic carbocycles. The van der Waals surface area contributed by atoms with Gasteiger partial charge in [0.1, 0.15) is 0 Å². The van der Waals surface area contributed by atoms with Crippen molar-refractivity contribution in [3.8, 4) is 0 Å². The fourth-order valence-corrected chi connectivity index (χ4v) is 3.90. The van der Waals surface area contributed by atoms with E-state index in [9.17, 15) is 30.4 Å². The number of halogens is 8. The number of alkyl halides is 3. The minimum Gasteiger partial charge on any atom is -0.418 e. The van der Waals surface area contributed by atoms with Crippen LogP contribution >= 0.6 is 22.1 Å². The zero-order valence-corrected chi connectivity index (χ0v) is 12.1. The summed E-state index contributed by atoms with van der Waals surface area (Å²) in [6.45, 7) is 1.74. The molecule has 0 aliphatic rings. The molecule has 0 radical (unpaired) electrons. The van der Waals surface area contributed by atoms with E-state index in [0.717, 1.165) is 0 Å². The van der Waals surface area contributed by atoms with E-state index in [2.05, 4.69) is 0 Å². The fourth-order valence-electron chi connectivity index (χ4n) is 1.70. The van der Waals surface area contributed by atoms with Crippen LogP contribution in [0, 0.1) is 0 Å². The van der Waals surface area contributed by atoms with Crippen molar-refractivity contribution in [3.05, 3.63) is 34.2 Å². The average molecular weight is 353 g/mol. The Morgan fingerprint density at radius 2 is 1.62 bits per heavy atom. The maximum atomic E-state index is 12.9. The Bertz CT molecular complexity index is 611. The van der Waals surface area contributed by atoms with Crippen LogP contribution in [0.15, 0.2) is 24.3 Å². The van der Waals surface area contributed by atoms with Gasteiger partial charge in [0.15, 0.2) is 9.58 Å². The van der Waals surface area contributed by atoms with Gasteiger partial charge in [-0.15, -0.1) is 13.2 Å². The maximum absolute atomic E-state index is 12.9. The predicted molar refractivity (Wildman–Crippen MR) is 72.3 cm³/mol. The van der Waals surface area contributed by atoms with Gasteiger partial charge in [0.05, 0.1) is 10.5 Å². The highest BCUT2D eigenvalue weighted by molar-refractivity contribution is 7.38. The SMILES string of the molecule is CCc1cc2ccc(Cl)cc2[s+]1C(F)(F)F.F[B-](F)(F)F. The lowest BCUT2D eigenvalue weighted by Crippen LogP contribution is -2.02. The lowest BCUT2D eigenvalue weighted by molar-refractivity contribution is -0.0867. The van der Waals surface area contributed by atoms with Gasteiger partial charge in [-0.1, -0.05) is 18.5 Å². The van der Waals surface area contributed by atoms with Gasteiger partial charge in [0, 0.05) is 29.0 Å². The minimum atomic E-state index is -6.00. The lowest BCUT2D eigenvalue weighted by Gasteiger charge is -1.98. The first-order valence-corrected chi connectivity index (χ1v) is 7.22. The van der Waals surface area contributed by atoms with Crippen LogP contribution in [0.2, 0.25) is 5.02 Å². The van der Waals surface area contributed by atoms with Crippen molar-refractivity contribution in [3.63, 3.8) is 0 Å². The third-order valence-corrected chi connectivity index (χ3v) is 4.78. The number of benzene rings is 1. The van der Waals surface area contributed by atoms with Crippen molar-refractivity contribution in [2.45, 2.75) is 18.9 Å². The quantitative estimate of drug-likeness (QED) is 0.309. The van der Waals surface area contributed by atoms with Crippen LogP contribution < -0.4 is 0 Å². The summed E-state index contributed by atoms with van der Waals surface area (Å²) in [6, 6.07) is 6.31. The number of thiophene rings is 1. The third kappa shape index (κ3) is 5.39.